The second kappa shape index (κ2) is 10.2. The number of nitrogens with zero attached hydrogens (tertiary/aromatic N) is 1. The van der Waals surface area contributed by atoms with Crippen LogP contribution in [0.25, 0.3) is 22.4 Å². The van der Waals surface area contributed by atoms with Gasteiger partial charge in [-0.25, -0.2) is 14.2 Å². The van der Waals surface area contributed by atoms with Crippen LogP contribution in [0.3, 0.4) is 0 Å². The standard InChI is InChI=1S/C21H13F4N3O2.C2HF3O2/c22-15-7-4-13(21(23,24)25)10-18(15)30-14-5-1-11(2-6-14)20-27-16-8-3-12(19(26)29)9-17(16)28-20;3-2(4,5)1(6)7/h1-10H,(H2,26,29)(H,27,28);(H,6,7). The normalized spacial score (nSPS) is 11.5. The number of carboxylic acid groups (broad SMARTS) is 1. The van der Waals surface area contributed by atoms with Gasteiger partial charge in [-0.1, -0.05) is 0 Å². The Morgan fingerprint density at radius 3 is 2.08 bits per heavy atom. The second-order valence-electron chi connectivity index (χ2n) is 7.25. The summed E-state index contributed by atoms with van der Waals surface area (Å²) in [6.45, 7) is 0. The van der Waals surface area contributed by atoms with Crippen LogP contribution in [0.15, 0.2) is 60.7 Å². The monoisotopic (exact) mass is 529 g/mol. The average molecular weight is 529 g/mol. The third-order valence-corrected chi connectivity index (χ3v) is 4.62. The van der Waals surface area contributed by atoms with Crippen molar-refractivity contribution in [3.05, 3.63) is 77.6 Å². The van der Waals surface area contributed by atoms with Gasteiger partial charge in [0.2, 0.25) is 5.91 Å². The number of carboxylic acids is 1. The number of aromatic nitrogens is 2. The Bertz CT molecular complexity index is 1450. The Hall–Kier alpha value is -4.62. The van der Waals surface area contributed by atoms with Crippen molar-refractivity contribution < 1.29 is 50.2 Å². The number of amides is 1. The summed E-state index contributed by atoms with van der Waals surface area (Å²) in [7, 11) is 0. The number of nitrogens with two attached hydrogens (primary N) is 1. The van der Waals surface area contributed by atoms with E-state index in [-0.39, 0.29) is 5.75 Å². The number of rotatable bonds is 4. The molecule has 1 heterocycles. The largest absolute Gasteiger partial charge is 0.490 e. The Balaban J connectivity index is 0.000000479. The average Bonchev–Trinajstić information content (AvgIpc) is 3.23. The summed E-state index contributed by atoms with van der Waals surface area (Å²) in [5, 5.41) is 7.12. The van der Waals surface area contributed by atoms with Crippen molar-refractivity contribution in [2.24, 2.45) is 5.73 Å². The number of carbonyl (C=O) groups excluding carboxylic acids is 1. The summed E-state index contributed by atoms with van der Waals surface area (Å²) in [6, 6.07) is 13.0. The fraction of sp³-hybridized carbons (Fsp3) is 0.0870. The number of hydrogen-bond donors (Lipinski definition) is 3. The van der Waals surface area contributed by atoms with Crippen LogP contribution in [0.5, 0.6) is 11.5 Å². The highest BCUT2D eigenvalue weighted by atomic mass is 19.4. The molecular weight excluding hydrogens is 515 g/mol. The van der Waals surface area contributed by atoms with Crippen molar-refractivity contribution in [1.29, 1.82) is 0 Å². The molecule has 0 saturated carbocycles. The molecule has 4 N–H and O–H groups in total. The van der Waals surface area contributed by atoms with Gasteiger partial charge in [0.05, 0.1) is 16.6 Å². The first-order valence-electron chi connectivity index (χ1n) is 9.90. The molecule has 0 aliphatic heterocycles. The summed E-state index contributed by atoms with van der Waals surface area (Å²) in [4.78, 5) is 27.7. The van der Waals surface area contributed by atoms with Crippen molar-refractivity contribution in [1.82, 2.24) is 9.97 Å². The number of primary amides is 1. The Morgan fingerprint density at radius 2 is 1.54 bits per heavy atom. The topological polar surface area (TPSA) is 118 Å². The molecule has 0 fully saturated rings. The minimum absolute atomic E-state index is 0.157. The molecule has 0 bridgehead atoms. The fourth-order valence-electron chi connectivity index (χ4n) is 2.87. The minimum atomic E-state index is -5.08. The number of benzene rings is 3. The number of hydrogen-bond acceptors (Lipinski definition) is 4. The number of carbonyl (C=O) groups is 2. The van der Waals surface area contributed by atoms with Crippen LogP contribution in [0.4, 0.5) is 30.7 Å². The van der Waals surface area contributed by atoms with Crippen LogP contribution in [0.2, 0.25) is 0 Å². The van der Waals surface area contributed by atoms with Crippen LogP contribution < -0.4 is 10.5 Å². The Labute approximate surface area is 202 Å². The van der Waals surface area contributed by atoms with E-state index < -0.39 is 41.4 Å². The SMILES string of the molecule is NC(=O)c1ccc2nc(-c3ccc(Oc4cc(C(F)(F)F)ccc4F)cc3)[nH]c2c1.O=C(O)C(F)(F)F. The molecule has 14 heteroatoms. The summed E-state index contributed by atoms with van der Waals surface area (Å²) in [6.07, 6.45) is -9.69. The van der Waals surface area contributed by atoms with Gasteiger partial charge < -0.3 is 20.6 Å². The molecule has 0 aliphatic rings. The van der Waals surface area contributed by atoms with Crippen molar-refractivity contribution in [3.63, 3.8) is 0 Å². The molecular formula is C23H14F7N3O4. The van der Waals surface area contributed by atoms with Gasteiger partial charge in [-0.3, -0.25) is 4.79 Å². The molecule has 4 aromatic rings. The lowest BCUT2D eigenvalue weighted by molar-refractivity contribution is -0.192. The molecule has 0 unspecified atom stereocenters. The maximum atomic E-state index is 13.9. The molecule has 4 rings (SSSR count). The summed E-state index contributed by atoms with van der Waals surface area (Å²) in [5.41, 5.74) is 6.50. The van der Waals surface area contributed by atoms with Gasteiger partial charge in [0.1, 0.15) is 11.6 Å². The molecule has 0 aliphatic carbocycles. The molecule has 1 aromatic heterocycles. The van der Waals surface area contributed by atoms with E-state index in [9.17, 15) is 35.5 Å². The highest BCUT2D eigenvalue weighted by Gasteiger charge is 2.38. The Kier molecular flexibility index (Phi) is 7.41. The predicted molar refractivity (Wildman–Crippen MR) is 115 cm³/mol. The molecule has 0 radical (unpaired) electrons. The minimum Gasteiger partial charge on any atom is -0.475 e. The number of aromatic amines is 1. The quantitative estimate of drug-likeness (QED) is 0.284. The lowest BCUT2D eigenvalue weighted by Crippen LogP contribution is -2.21. The van der Waals surface area contributed by atoms with Crippen molar-refractivity contribution in [2.75, 3.05) is 0 Å². The van der Waals surface area contributed by atoms with E-state index >= 15 is 0 Å². The molecule has 7 nitrogen and oxygen atoms in total. The van der Waals surface area contributed by atoms with Crippen LogP contribution in [-0.2, 0) is 11.0 Å². The molecule has 3 aromatic carbocycles. The first kappa shape index (κ1) is 27.0. The number of nitrogens with one attached hydrogen (secondary N) is 1. The molecule has 37 heavy (non-hydrogen) atoms. The highest BCUT2D eigenvalue weighted by molar-refractivity contribution is 5.96. The first-order valence-corrected chi connectivity index (χ1v) is 9.90. The van der Waals surface area contributed by atoms with E-state index in [1.165, 1.54) is 12.1 Å². The van der Waals surface area contributed by atoms with Gasteiger partial charge in [0.25, 0.3) is 0 Å². The number of halogens is 7. The predicted octanol–water partition coefficient (Wildman–Crippen LogP) is 5.91. The summed E-state index contributed by atoms with van der Waals surface area (Å²) >= 11 is 0. The summed E-state index contributed by atoms with van der Waals surface area (Å²) < 4.78 is 89.3. The number of ether oxygens (including phenoxy) is 1. The van der Waals surface area contributed by atoms with Crippen molar-refractivity contribution >= 4 is 22.9 Å². The van der Waals surface area contributed by atoms with Gasteiger partial charge >= 0.3 is 18.3 Å². The van der Waals surface area contributed by atoms with Crippen molar-refractivity contribution in [2.45, 2.75) is 12.4 Å². The van der Waals surface area contributed by atoms with Gasteiger partial charge in [-0.05, 0) is 60.7 Å². The number of fused-ring (bicyclic) bond motifs is 1. The molecule has 1 amide bonds. The number of H-pyrrole nitrogens is 1. The van der Waals surface area contributed by atoms with Crippen molar-refractivity contribution in [3.8, 4) is 22.9 Å². The van der Waals surface area contributed by atoms with Crippen LogP contribution >= 0.6 is 0 Å². The zero-order valence-corrected chi connectivity index (χ0v) is 18.1. The number of aliphatic carboxylic acids is 1. The number of alkyl halides is 6. The van der Waals surface area contributed by atoms with Crippen LogP contribution in [0, 0.1) is 5.82 Å². The van der Waals surface area contributed by atoms with E-state index in [0.717, 1.165) is 0 Å². The van der Waals surface area contributed by atoms with E-state index in [4.69, 9.17) is 20.4 Å². The van der Waals surface area contributed by atoms with E-state index in [2.05, 4.69) is 9.97 Å². The van der Waals surface area contributed by atoms with E-state index in [0.29, 0.717) is 46.2 Å². The maximum Gasteiger partial charge on any atom is 0.490 e. The molecule has 0 saturated heterocycles. The molecule has 0 atom stereocenters. The van der Waals surface area contributed by atoms with E-state index in [1.54, 1.807) is 30.3 Å². The van der Waals surface area contributed by atoms with Gasteiger partial charge in [-0.15, -0.1) is 0 Å². The van der Waals surface area contributed by atoms with Crippen LogP contribution in [-0.4, -0.2) is 33.1 Å². The lowest BCUT2D eigenvalue weighted by Gasteiger charge is -2.11. The third kappa shape index (κ3) is 6.74. The molecule has 194 valence electrons. The number of imidazole rings is 1. The zero-order chi connectivity index (χ0) is 27.5. The van der Waals surface area contributed by atoms with Gasteiger partial charge in [-0.2, -0.15) is 26.3 Å². The highest BCUT2D eigenvalue weighted by Crippen LogP contribution is 2.34. The van der Waals surface area contributed by atoms with Gasteiger partial charge in [0.15, 0.2) is 11.6 Å². The molecule has 0 spiro atoms. The zero-order valence-electron chi connectivity index (χ0n) is 18.1. The second-order valence-corrected chi connectivity index (χ2v) is 7.25. The van der Waals surface area contributed by atoms with E-state index in [1.807, 2.05) is 0 Å². The third-order valence-electron chi connectivity index (χ3n) is 4.62. The van der Waals surface area contributed by atoms with Crippen LogP contribution in [0.1, 0.15) is 15.9 Å². The first-order chi connectivity index (χ1) is 17.1. The summed E-state index contributed by atoms with van der Waals surface area (Å²) in [5.74, 6) is -4.09. The Morgan fingerprint density at radius 1 is 0.919 bits per heavy atom. The van der Waals surface area contributed by atoms with Gasteiger partial charge in [0, 0.05) is 11.1 Å². The smallest absolute Gasteiger partial charge is 0.475 e. The lowest BCUT2D eigenvalue weighted by atomic mass is 10.2. The fourth-order valence-corrected chi connectivity index (χ4v) is 2.87. The maximum absolute atomic E-state index is 13.9.